The third-order valence-corrected chi connectivity index (χ3v) is 5.64. The molecule has 4 heteroatoms. The molecule has 0 bridgehead atoms. The Labute approximate surface area is 153 Å². The van der Waals surface area contributed by atoms with E-state index in [1.165, 1.54) is 28.3 Å². The third-order valence-electron chi connectivity index (χ3n) is 4.70. The Morgan fingerprint density at radius 1 is 1.08 bits per heavy atom. The van der Waals surface area contributed by atoms with Gasteiger partial charge in [-0.25, -0.2) is 0 Å². The molecule has 1 aromatic carbocycles. The Kier molecular flexibility index (Phi) is 5.17. The number of hydrogen-bond donors (Lipinski definition) is 0. The lowest BCUT2D eigenvalue weighted by Gasteiger charge is -2.28. The molecular weight excluding hydrogens is 326 g/mol. The molecule has 0 radical (unpaired) electrons. The van der Waals surface area contributed by atoms with E-state index in [0.717, 1.165) is 43.8 Å². The minimum Gasteiger partial charge on any atom is -0.370 e. The molecule has 1 aromatic heterocycles. The monoisotopic (exact) mass is 349 g/mol. The van der Waals surface area contributed by atoms with Gasteiger partial charge in [-0.3, -0.25) is 9.98 Å². The second-order valence-corrected chi connectivity index (χ2v) is 7.66. The molecule has 2 aliphatic heterocycles. The van der Waals surface area contributed by atoms with E-state index in [4.69, 9.17) is 4.99 Å². The van der Waals surface area contributed by atoms with Crippen molar-refractivity contribution in [2.75, 3.05) is 36.0 Å². The maximum Gasteiger partial charge on any atom is 0.0694 e. The first-order valence-corrected chi connectivity index (χ1v) is 10.1. The summed E-state index contributed by atoms with van der Waals surface area (Å²) in [4.78, 5) is 11.5. The van der Waals surface area contributed by atoms with Crippen LogP contribution in [0.3, 0.4) is 0 Å². The summed E-state index contributed by atoms with van der Waals surface area (Å²) in [6.45, 7) is 3.20. The minimum atomic E-state index is 0.910. The van der Waals surface area contributed by atoms with Gasteiger partial charge in [-0.1, -0.05) is 12.1 Å². The molecule has 25 heavy (non-hydrogen) atoms. The lowest BCUT2D eigenvalue weighted by atomic mass is 9.95. The van der Waals surface area contributed by atoms with Gasteiger partial charge in [-0.05, 0) is 54.3 Å². The van der Waals surface area contributed by atoms with E-state index in [1.807, 2.05) is 30.2 Å². The van der Waals surface area contributed by atoms with Gasteiger partial charge in [0.1, 0.15) is 0 Å². The first-order valence-electron chi connectivity index (χ1n) is 8.99. The van der Waals surface area contributed by atoms with E-state index in [2.05, 4.69) is 46.3 Å². The number of allylic oxidation sites excluding steroid dienone is 1. The predicted octanol–water partition coefficient (Wildman–Crippen LogP) is 4.30. The summed E-state index contributed by atoms with van der Waals surface area (Å²) < 4.78 is 0. The molecule has 0 N–H and O–H groups in total. The van der Waals surface area contributed by atoms with Crippen molar-refractivity contribution < 1.29 is 0 Å². The Morgan fingerprint density at radius 2 is 2.00 bits per heavy atom. The maximum absolute atomic E-state index is 4.78. The van der Waals surface area contributed by atoms with Crippen LogP contribution in [0.5, 0.6) is 0 Å². The van der Waals surface area contributed by atoms with E-state index in [9.17, 15) is 0 Å². The quantitative estimate of drug-likeness (QED) is 0.827. The van der Waals surface area contributed by atoms with Crippen LogP contribution >= 0.6 is 11.8 Å². The predicted molar refractivity (Wildman–Crippen MR) is 109 cm³/mol. The van der Waals surface area contributed by atoms with Crippen LogP contribution < -0.4 is 4.90 Å². The fraction of sp³-hybridized carbons (Fsp3) is 0.333. The van der Waals surface area contributed by atoms with Crippen LogP contribution in [0.2, 0.25) is 0 Å². The highest BCUT2D eigenvalue weighted by atomic mass is 32.2. The van der Waals surface area contributed by atoms with Crippen molar-refractivity contribution >= 4 is 29.2 Å². The normalized spacial score (nSPS) is 19.8. The zero-order chi connectivity index (χ0) is 16.9. The van der Waals surface area contributed by atoms with E-state index >= 15 is 0 Å². The summed E-state index contributed by atoms with van der Waals surface area (Å²) in [6.07, 6.45) is 8.25. The zero-order valence-electron chi connectivity index (χ0n) is 14.4. The second kappa shape index (κ2) is 7.87. The molecule has 4 rings (SSSR count). The van der Waals surface area contributed by atoms with Crippen LogP contribution in [0.25, 0.3) is 6.08 Å². The largest absolute Gasteiger partial charge is 0.370 e. The van der Waals surface area contributed by atoms with Crippen LogP contribution in [0, 0.1) is 0 Å². The fourth-order valence-electron chi connectivity index (χ4n) is 3.43. The molecule has 1 fully saturated rings. The fourth-order valence-corrected chi connectivity index (χ4v) is 4.34. The van der Waals surface area contributed by atoms with Crippen molar-refractivity contribution in [3.63, 3.8) is 0 Å². The highest BCUT2D eigenvalue weighted by Crippen LogP contribution is 2.25. The van der Waals surface area contributed by atoms with Crippen molar-refractivity contribution in [1.82, 2.24) is 4.98 Å². The van der Waals surface area contributed by atoms with Crippen LogP contribution in [0.15, 0.2) is 59.4 Å². The van der Waals surface area contributed by atoms with Gasteiger partial charge in [0, 0.05) is 54.8 Å². The zero-order valence-corrected chi connectivity index (χ0v) is 15.2. The van der Waals surface area contributed by atoms with Crippen molar-refractivity contribution in [2.24, 2.45) is 4.99 Å². The van der Waals surface area contributed by atoms with Gasteiger partial charge in [0.25, 0.3) is 0 Å². The lowest BCUT2D eigenvalue weighted by molar-refractivity contribution is 0.818. The first-order chi connectivity index (χ1) is 12.4. The molecule has 2 aliphatic rings. The Bertz CT molecular complexity index is 777. The van der Waals surface area contributed by atoms with Gasteiger partial charge in [0.2, 0.25) is 0 Å². The number of benzene rings is 1. The summed E-state index contributed by atoms with van der Waals surface area (Å²) in [5.41, 5.74) is 6.16. The number of rotatable bonds is 3. The number of thioether (sulfide) groups is 1. The molecule has 0 spiro atoms. The Balaban J connectivity index is 1.63. The number of pyridine rings is 1. The van der Waals surface area contributed by atoms with Crippen molar-refractivity contribution in [2.45, 2.75) is 12.8 Å². The first kappa shape index (κ1) is 16.4. The number of aliphatic imine (C=N–C) groups is 1. The van der Waals surface area contributed by atoms with Crippen molar-refractivity contribution in [3.8, 4) is 0 Å². The van der Waals surface area contributed by atoms with Crippen LogP contribution in [-0.4, -0.2) is 41.8 Å². The van der Waals surface area contributed by atoms with Gasteiger partial charge in [-0.15, -0.1) is 0 Å². The maximum atomic E-state index is 4.78. The number of anilines is 1. The summed E-state index contributed by atoms with van der Waals surface area (Å²) >= 11 is 2.05. The molecule has 1 saturated heterocycles. The average molecular weight is 350 g/mol. The van der Waals surface area contributed by atoms with E-state index in [0.29, 0.717) is 0 Å². The van der Waals surface area contributed by atoms with Gasteiger partial charge in [0.15, 0.2) is 0 Å². The van der Waals surface area contributed by atoms with Crippen LogP contribution in [0.4, 0.5) is 5.69 Å². The molecule has 2 aromatic rings. The Morgan fingerprint density at radius 3 is 2.84 bits per heavy atom. The molecule has 3 nitrogen and oxygen atoms in total. The molecular formula is C21H23N3S. The molecule has 0 unspecified atom stereocenters. The molecule has 0 atom stereocenters. The van der Waals surface area contributed by atoms with Gasteiger partial charge < -0.3 is 4.90 Å². The van der Waals surface area contributed by atoms with Crippen LogP contribution in [0.1, 0.15) is 24.0 Å². The molecule has 128 valence electrons. The summed E-state index contributed by atoms with van der Waals surface area (Å²) in [5.74, 6) is 2.45. The number of hydrogen-bond acceptors (Lipinski definition) is 4. The van der Waals surface area contributed by atoms with E-state index in [-0.39, 0.29) is 0 Å². The Hall–Kier alpha value is -2.07. The third kappa shape index (κ3) is 3.96. The smallest absolute Gasteiger partial charge is 0.0694 e. The highest BCUT2D eigenvalue weighted by Gasteiger charge is 2.15. The molecule has 0 aliphatic carbocycles. The summed E-state index contributed by atoms with van der Waals surface area (Å²) in [5, 5.41) is 0. The molecule has 0 saturated carbocycles. The van der Waals surface area contributed by atoms with E-state index < -0.39 is 0 Å². The topological polar surface area (TPSA) is 28.5 Å². The number of aromatic nitrogens is 1. The van der Waals surface area contributed by atoms with Gasteiger partial charge in [0.05, 0.1) is 5.71 Å². The van der Waals surface area contributed by atoms with Gasteiger partial charge in [-0.2, -0.15) is 11.8 Å². The summed E-state index contributed by atoms with van der Waals surface area (Å²) in [7, 11) is 0. The van der Waals surface area contributed by atoms with Crippen LogP contribution in [-0.2, 0) is 0 Å². The standard InChI is InChI=1S/C21H23N3S/c1-4-17(15-20(7-1)24-10-12-25-13-11-24)14-18-5-3-9-23-21(18)19-6-2-8-22-16-19/h1-2,4,6-8,14-16H,3,5,9-13H2/b18-14+. The lowest BCUT2D eigenvalue weighted by Crippen LogP contribution is -2.32. The molecule has 3 heterocycles. The van der Waals surface area contributed by atoms with Crippen molar-refractivity contribution in [1.29, 1.82) is 0 Å². The highest BCUT2D eigenvalue weighted by molar-refractivity contribution is 7.99. The average Bonchev–Trinajstić information content (AvgIpc) is 2.70. The van der Waals surface area contributed by atoms with Gasteiger partial charge >= 0.3 is 0 Å². The van der Waals surface area contributed by atoms with E-state index in [1.54, 1.807) is 0 Å². The molecule has 0 amide bonds. The van der Waals surface area contributed by atoms with Crippen molar-refractivity contribution in [3.05, 3.63) is 65.5 Å². The SMILES string of the molecule is C(=C1/CCCN=C1c1cccnc1)/c1cccc(N2CCSCC2)c1. The minimum absolute atomic E-state index is 0.910. The number of nitrogens with zero attached hydrogens (tertiary/aromatic N) is 3. The summed E-state index contributed by atoms with van der Waals surface area (Å²) in [6, 6.07) is 13.0. The second-order valence-electron chi connectivity index (χ2n) is 6.44.